The summed E-state index contributed by atoms with van der Waals surface area (Å²) in [5, 5.41) is 12.4. The van der Waals surface area contributed by atoms with Gasteiger partial charge >= 0.3 is 0 Å². The first-order valence-corrected chi connectivity index (χ1v) is 7.79. The molecule has 2 aromatic rings. The van der Waals surface area contributed by atoms with Crippen molar-refractivity contribution in [2.24, 2.45) is 0 Å². The van der Waals surface area contributed by atoms with E-state index in [9.17, 15) is 0 Å². The number of benzene rings is 2. The summed E-state index contributed by atoms with van der Waals surface area (Å²) < 4.78 is 10.7. The molecule has 0 saturated heterocycles. The van der Waals surface area contributed by atoms with E-state index in [0.29, 0.717) is 0 Å². The molecule has 0 fully saturated rings. The number of aromatic nitrogens is 2. The van der Waals surface area contributed by atoms with Gasteiger partial charge in [-0.05, 0) is 30.0 Å². The highest BCUT2D eigenvalue weighted by Gasteiger charge is 2.21. The zero-order valence-corrected chi connectivity index (χ0v) is 13.9. The number of H-pyrrole nitrogens is 2. The normalized spacial score (nSPS) is 11.1. The lowest BCUT2D eigenvalue weighted by Gasteiger charge is -2.12. The Morgan fingerprint density at radius 1 is 0.917 bits per heavy atom. The number of fused-ring (bicyclic) bond motifs is 3. The second-order valence-electron chi connectivity index (χ2n) is 5.74. The molecule has 1 aliphatic heterocycles. The SMILES string of the molecule is COc1ccc(Nc2[nH][nH]c3c4ccccc4c(C)c2-3)c(OC)c1. The van der Waals surface area contributed by atoms with Crippen LogP contribution in [0.3, 0.4) is 0 Å². The fourth-order valence-electron chi connectivity index (χ4n) is 3.25. The Balaban J connectivity index is 1.80. The van der Waals surface area contributed by atoms with Gasteiger partial charge in [-0.2, -0.15) is 0 Å². The maximum atomic E-state index is 5.47. The molecule has 5 heteroatoms. The van der Waals surface area contributed by atoms with Crippen molar-refractivity contribution >= 4 is 22.3 Å². The molecule has 2 aliphatic rings. The van der Waals surface area contributed by atoms with Crippen LogP contribution in [0, 0.1) is 6.92 Å². The molecule has 5 nitrogen and oxygen atoms in total. The Bertz CT molecular complexity index is 984. The van der Waals surface area contributed by atoms with E-state index in [2.05, 4.69) is 46.7 Å². The van der Waals surface area contributed by atoms with Gasteiger partial charge in [0.05, 0.1) is 25.6 Å². The van der Waals surface area contributed by atoms with Crippen LogP contribution in [-0.4, -0.2) is 24.4 Å². The average Bonchev–Trinajstić information content (AvgIpc) is 3.16. The molecular formula is C19H19N3O2. The van der Waals surface area contributed by atoms with Crippen molar-refractivity contribution in [3.8, 4) is 22.8 Å². The summed E-state index contributed by atoms with van der Waals surface area (Å²) in [5.41, 5.74) is 4.39. The molecule has 0 atom stereocenters. The molecule has 0 spiro atoms. The number of hydrogen-bond acceptors (Lipinski definition) is 3. The van der Waals surface area contributed by atoms with Gasteiger partial charge in [-0.25, -0.2) is 0 Å². The lowest BCUT2D eigenvalue weighted by molar-refractivity contribution is 0.395. The molecule has 3 N–H and O–H groups in total. The van der Waals surface area contributed by atoms with E-state index in [4.69, 9.17) is 9.47 Å². The lowest BCUT2D eigenvalue weighted by Crippen LogP contribution is -1.96. The van der Waals surface area contributed by atoms with Crippen LogP contribution in [0.15, 0.2) is 42.5 Å². The third-order valence-corrected chi connectivity index (χ3v) is 4.46. The van der Waals surface area contributed by atoms with E-state index >= 15 is 0 Å². The highest BCUT2D eigenvalue weighted by molar-refractivity contribution is 6.07. The number of rotatable bonds is 4. The Morgan fingerprint density at radius 2 is 1.71 bits per heavy atom. The maximum absolute atomic E-state index is 5.47. The highest BCUT2D eigenvalue weighted by Crippen LogP contribution is 2.43. The van der Waals surface area contributed by atoms with Crippen LogP contribution in [0.25, 0.3) is 22.0 Å². The van der Waals surface area contributed by atoms with Crippen LogP contribution >= 0.6 is 0 Å². The number of hydrogen-bond donors (Lipinski definition) is 3. The Labute approximate surface area is 139 Å². The quantitative estimate of drug-likeness (QED) is 0.512. The average molecular weight is 321 g/mol. The fraction of sp³-hybridized carbons (Fsp3) is 0.158. The number of nitrogens with one attached hydrogen (secondary N) is 3. The predicted octanol–water partition coefficient (Wildman–Crippen LogP) is 4.67. The summed E-state index contributed by atoms with van der Waals surface area (Å²) in [5.74, 6) is 2.41. The van der Waals surface area contributed by atoms with Gasteiger partial charge < -0.3 is 14.8 Å². The minimum Gasteiger partial charge on any atom is -0.497 e. The molecule has 0 saturated carbocycles. The first-order valence-electron chi connectivity index (χ1n) is 7.79. The van der Waals surface area contributed by atoms with Gasteiger partial charge in [0.15, 0.2) is 0 Å². The predicted molar refractivity (Wildman–Crippen MR) is 96.8 cm³/mol. The van der Waals surface area contributed by atoms with Gasteiger partial charge in [-0.15, -0.1) is 0 Å². The van der Waals surface area contributed by atoms with Crippen molar-refractivity contribution in [1.29, 1.82) is 0 Å². The summed E-state index contributed by atoms with van der Waals surface area (Å²) in [4.78, 5) is 0. The Kier molecular flexibility index (Phi) is 3.34. The smallest absolute Gasteiger partial charge is 0.146 e. The van der Waals surface area contributed by atoms with Gasteiger partial charge in [0, 0.05) is 17.0 Å². The maximum Gasteiger partial charge on any atom is 0.146 e. The zero-order chi connectivity index (χ0) is 16.7. The molecule has 24 heavy (non-hydrogen) atoms. The zero-order valence-electron chi connectivity index (χ0n) is 13.9. The summed E-state index contributed by atoms with van der Waals surface area (Å²) in [7, 11) is 3.29. The Morgan fingerprint density at radius 3 is 2.46 bits per heavy atom. The summed E-state index contributed by atoms with van der Waals surface area (Å²) >= 11 is 0. The first-order chi connectivity index (χ1) is 11.7. The minimum absolute atomic E-state index is 0.728. The van der Waals surface area contributed by atoms with Crippen LogP contribution < -0.4 is 14.8 Å². The highest BCUT2D eigenvalue weighted by atomic mass is 16.5. The van der Waals surface area contributed by atoms with Crippen LogP contribution in [0.4, 0.5) is 11.5 Å². The monoisotopic (exact) mass is 321 g/mol. The van der Waals surface area contributed by atoms with Crippen LogP contribution in [-0.2, 0) is 0 Å². The van der Waals surface area contributed by atoms with Crippen molar-refractivity contribution in [2.45, 2.75) is 6.92 Å². The van der Waals surface area contributed by atoms with Gasteiger partial charge in [0.1, 0.15) is 17.3 Å². The van der Waals surface area contributed by atoms with Crippen molar-refractivity contribution in [3.05, 3.63) is 48.0 Å². The second-order valence-corrected chi connectivity index (χ2v) is 5.74. The molecule has 0 amide bonds. The molecule has 0 unspecified atom stereocenters. The minimum atomic E-state index is 0.728. The molecule has 2 aromatic carbocycles. The molecule has 0 radical (unpaired) electrons. The molecule has 1 aliphatic carbocycles. The third kappa shape index (κ3) is 2.09. The van der Waals surface area contributed by atoms with Gasteiger partial charge in [-0.3, -0.25) is 10.2 Å². The van der Waals surface area contributed by atoms with Crippen molar-refractivity contribution in [3.63, 3.8) is 0 Å². The van der Waals surface area contributed by atoms with Crippen molar-refractivity contribution < 1.29 is 9.47 Å². The van der Waals surface area contributed by atoms with E-state index in [0.717, 1.165) is 34.3 Å². The third-order valence-electron chi connectivity index (χ3n) is 4.46. The molecule has 1 heterocycles. The van der Waals surface area contributed by atoms with E-state index in [1.54, 1.807) is 14.2 Å². The fourth-order valence-corrected chi connectivity index (χ4v) is 3.25. The van der Waals surface area contributed by atoms with E-state index in [1.165, 1.54) is 16.3 Å². The van der Waals surface area contributed by atoms with Crippen molar-refractivity contribution in [2.75, 3.05) is 19.5 Å². The van der Waals surface area contributed by atoms with Crippen molar-refractivity contribution in [1.82, 2.24) is 10.2 Å². The van der Waals surface area contributed by atoms with E-state index in [-0.39, 0.29) is 0 Å². The number of ether oxygens (including phenoxy) is 2. The van der Waals surface area contributed by atoms with Crippen LogP contribution in [0.5, 0.6) is 11.5 Å². The Hall–Kier alpha value is -3.08. The van der Waals surface area contributed by atoms with Gasteiger partial charge in [0.2, 0.25) is 0 Å². The van der Waals surface area contributed by atoms with Gasteiger partial charge in [0.25, 0.3) is 0 Å². The van der Waals surface area contributed by atoms with Gasteiger partial charge in [-0.1, -0.05) is 24.3 Å². The summed E-state index contributed by atoms with van der Waals surface area (Å²) in [6.07, 6.45) is 0. The second kappa shape index (κ2) is 5.53. The molecular weight excluding hydrogens is 302 g/mol. The van der Waals surface area contributed by atoms with E-state index < -0.39 is 0 Å². The number of aryl methyl sites for hydroxylation is 1. The summed E-state index contributed by atoms with van der Waals surface area (Å²) in [6.45, 7) is 2.14. The van der Waals surface area contributed by atoms with Crippen LogP contribution in [0.1, 0.15) is 5.56 Å². The molecule has 0 bridgehead atoms. The number of aromatic amines is 2. The largest absolute Gasteiger partial charge is 0.497 e. The first kappa shape index (κ1) is 14.5. The molecule has 0 aromatic heterocycles. The molecule has 4 rings (SSSR count). The molecule has 122 valence electrons. The lowest BCUT2D eigenvalue weighted by atomic mass is 10.1. The standard InChI is InChI=1S/C19H19N3O2/c1-11-13-6-4-5-7-14(13)18-17(11)19(22-21-18)20-15-9-8-12(23-2)10-16(15)24-3/h4-10,20-22H,1-3H3. The topological polar surface area (TPSA) is 62.1 Å². The number of anilines is 2. The summed E-state index contributed by atoms with van der Waals surface area (Å²) in [6, 6.07) is 14.1. The number of methoxy groups -OCH3 is 2. The van der Waals surface area contributed by atoms with Crippen LogP contribution in [0.2, 0.25) is 0 Å². The van der Waals surface area contributed by atoms with E-state index in [1.807, 2.05) is 18.2 Å².